The molecule has 0 fully saturated rings. The fourth-order valence-corrected chi connectivity index (χ4v) is 1.54. The van der Waals surface area contributed by atoms with Crippen molar-refractivity contribution in [2.45, 2.75) is 6.54 Å². The van der Waals surface area contributed by atoms with Crippen LogP contribution in [0.4, 0.5) is 0 Å². The Morgan fingerprint density at radius 3 is 2.94 bits per heavy atom. The Kier molecular flexibility index (Phi) is 2.61. The van der Waals surface area contributed by atoms with Crippen molar-refractivity contribution in [1.29, 1.82) is 0 Å². The molecule has 0 bridgehead atoms. The van der Waals surface area contributed by atoms with Gasteiger partial charge in [0.25, 0.3) is 5.56 Å². The first-order valence-electron chi connectivity index (χ1n) is 4.78. The van der Waals surface area contributed by atoms with E-state index in [0.29, 0.717) is 24.3 Å². The lowest BCUT2D eigenvalue weighted by atomic mass is 10.5. The van der Waals surface area contributed by atoms with Crippen LogP contribution in [0.5, 0.6) is 0 Å². The van der Waals surface area contributed by atoms with Gasteiger partial charge >= 0.3 is 5.69 Å². The van der Waals surface area contributed by atoms with Crippen LogP contribution in [0, 0.1) is 0 Å². The zero-order valence-electron chi connectivity index (χ0n) is 9.06. The van der Waals surface area contributed by atoms with Gasteiger partial charge in [0.15, 0.2) is 11.2 Å². The molecule has 1 N–H and O–H groups in total. The van der Waals surface area contributed by atoms with E-state index in [4.69, 9.17) is 4.74 Å². The molecule has 0 atom stereocenters. The Labute approximate surface area is 90.3 Å². The number of fused-ring (bicyclic) bond motifs is 1. The Hall–Kier alpha value is -1.89. The number of H-pyrrole nitrogens is 1. The average molecular weight is 224 g/mol. The number of nitrogens with zero attached hydrogens (tertiary/aromatic N) is 3. The Morgan fingerprint density at radius 2 is 2.25 bits per heavy atom. The highest BCUT2D eigenvalue weighted by Crippen LogP contribution is 2.03. The molecule has 16 heavy (non-hydrogen) atoms. The smallest absolute Gasteiger partial charge is 0.329 e. The van der Waals surface area contributed by atoms with Crippen molar-refractivity contribution >= 4 is 11.2 Å². The number of aromatic amines is 1. The molecule has 7 nitrogen and oxygen atoms in total. The Morgan fingerprint density at radius 1 is 1.50 bits per heavy atom. The number of rotatable bonds is 3. The van der Waals surface area contributed by atoms with Crippen LogP contribution in [0.1, 0.15) is 0 Å². The standard InChI is InChI=1S/C9H12N4O3/c1-12-7-6(8(14)11-9(12)15)13(5-10-7)3-4-16-2/h5H,3-4H2,1-2H3,(H,11,14,15). The lowest BCUT2D eigenvalue weighted by Gasteiger charge is -2.02. The van der Waals surface area contributed by atoms with Crippen molar-refractivity contribution < 1.29 is 4.74 Å². The minimum absolute atomic E-state index is 0.379. The Balaban J connectivity index is 2.68. The van der Waals surface area contributed by atoms with Crippen molar-refractivity contribution in [2.24, 2.45) is 7.05 Å². The number of aromatic nitrogens is 4. The van der Waals surface area contributed by atoms with Gasteiger partial charge in [-0.2, -0.15) is 0 Å². The van der Waals surface area contributed by atoms with Crippen LogP contribution in [0.2, 0.25) is 0 Å². The SMILES string of the molecule is COCCn1cnc2c1c(=O)[nH]c(=O)n2C. The number of hydrogen-bond donors (Lipinski definition) is 1. The summed E-state index contributed by atoms with van der Waals surface area (Å²) >= 11 is 0. The molecule has 2 aromatic rings. The molecule has 0 spiro atoms. The van der Waals surface area contributed by atoms with E-state index in [1.807, 2.05) is 0 Å². The molecule has 2 heterocycles. The van der Waals surface area contributed by atoms with E-state index in [1.165, 1.54) is 10.9 Å². The van der Waals surface area contributed by atoms with Gasteiger partial charge in [0.1, 0.15) is 0 Å². The van der Waals surface area contributed by atoms with Gasteiger partial charge in [-0.05, 0) is 0 Å². The minimum Gasteiger partial charge on any atom is -0.383 e. The first kappa shape index (κ1) is 10.6. The van der Waals surface area contributed by atoms with Crippen molar-refractivity contribution in [3.05, 3.63) is 27.2 Å². The number of hydrogen-bond acceptors (Lipinski definition) is 4. The van der Waals surface area contributed by atoms with E-state index in [-0.39, 0.29) is 0 Å². The molecular formula is C9H12N4O3. The second kappa shape index (κ2) is 3.93. The number of ether oxygens (including phenoxy) is 1. The normalized spacial score (nSPS) is 11.1. The number of aryl methyl sites for hydroxylation is 1. The summed E-state index contributed by atoms with van der Waals surface area (Å²) in [6.07, 6.45) is 1.53. The summed E-state index contributed by atoms with van der Waals surface area (Å²) in [7, 11) is 3.15. The fourth-order valence-electron chi connectivity index (χ4n) is 1.54. The summed E-state index contributed by atoms with van der Waals surface area (Å²) in [4.78, 5) is 29.2. The maximum absolute atomic E-state index is 11.6. The largest absolute Gasteiger partial charge is 0.383 e. The molecule has 0 aliphatic carbocycles. The maximum atomic E-state index is 11.6. The average Bonchev–Trinajstić information content (AvgIpc) is 2.67. The van der Waals surface area contributed by atoms with E-state index < -0.39 is 11.2 Å². The molecule has 0 saturated heterocycles. The van der Waals surface area contributed by atoms with Crippen LogP contribution in [0.3, 0.4) is 0 Å². The quantitative estimate of drug-likeness (QED) is 0.730. The van der Waals surface area contributed by atoms with Crippen molar-refractivity contribution in [2.75, 3.05) is 13.7 Å². The summed E-state index contributed by atoms with van der Waals surface area (Å²) in [6.45, 7) is 1.00. The van der Waals surface area contributed by atoms with Crippen molar-refractivity contribution in [3.8, 4) is 0 Å². The Bertz CT molecular complexity index is 622. The summed E-state index contributed by atoms with van der Waals surface area (Å²) in [5, 5.41) is 0. The molecular weight excluding hydrogens is 212 g/mol. The van der Waals surface area contributed by atoms with Gasteiger partial charge in [-0.3, -0.25) is 14.3 Å². The molecule has 2 aromatic heterocycles. The van der Waals surface area contributed by atoms with E-state index in [0.717, 1.165) is 0 Å². The van der Waals surface area contributed by atoms with Gasteiger partial charge in [-0.15, -0.1) is 0 Å². The highest BCUT2D eigenvalue weighted by molar-refractivity contribution is 5.69. The molecule has 0 amide bonds. The number of nitrogens with one attached hydrogen (secondary N) is 1. The third-order valence-electron chi connectivity index (χ3n) is 2.41. The van der Waals surface area contributed by atoms with Crippen LogP contribution in [0.15, 0.2) is 15.9 Å². The van der Waals surface area contributed by atoms with Crippen LogP contribution in [-0.2, 0) is 18.3 Å². The van der Waals surface area contributed by atoms with E-state index >= 15 is 0 Å². The second-order valence-electron chi connectivity index (χ2n) is 3.42. The molecule has 0 unspecified atom stereocenters. The van der Waals surface area contributed by atoms with E-state index in [1.54, 1.807) is 18.7 Å². The third kappa shape index (κ3) is 1.54. The predicted octanol–water partition coefficient (Wildman–Crippen LogP) is -0.930. The molecule has 0 aliphatic heterocycles. The molecule has 0 aromatic carbocycles. The van der Waals surface area contributed by atoms with Crippen LogP contribution in [-0.4, -0.2) is 32.8 Å². The van der Waals surface area contributed by atoms with E-state index in [2.05, 4.69) is 9.97 Å². The van der Waals surface area contributed by atoms with Crippen LogP contribution < -0.4 is 11.2 Å². The van der Waals surface area contributed by atoms with Gasteiger partial charge in [-0.1, -0.05) is 0 Å². The summed E-state index contributed by atoms with van der Waals surface area (Å²) < 4.78 is 7.90. The molecule has 0 radical (unpaired) electrons. The molecule has 0 saturated carbocycles. The fraction of sp³-hybridized carbons (Fsp3) is 0.444. The first-order valence-corrected chi connectivity index (χ1v) is 4.78. The van der Waals surface area contributed by atoms with Crippen LogP contribution in [0.25, 0.3) is 11.2 Å². The predicted molar refractivity (Wildman–Crippen MR) is 57.5 cm³/mol. The minimum atomic E-state index is -0.463. The topological polar surface area (TPSA) is 81.9 Å². The van der Waals surface area contributed by atoms with Gasteiger partial charge in [0.05, 0.1) is 12.9 Å². The number of imidazole rings is 1. The van der Waals surface area contributed by atoms with Gasteiger partial charge in [0.2, 0.25) is 0 Å². The molecule has 7 heteroatoms. The molecule has 86 valence electrons. The highest BCUT2D eigenvalue weighted by Gasteiger charge is 2.10. The lowest BCUT2D eigenvalue weighted by Crippen LogP contribution is -2.29. The lowest BCUT2D eigenvalue weighted by molar-refractivity contribution is 0.188. The number of methoxy groups -OCH3 is 1. The summed E-state index contributed by atoms with van der Waals surface area (Å²) in [6, 6.07) is 0. The third-order valence-corrected chi connectivity index (χ3v) is 2.41. The van der Waals surface area contributed by atoms with Gasteiger partial charge in [-0.25, -0.2) is 9.78 Å². The summed E-state index contributed by atoms with van der Waals surface area (Å²) in [5.41, 5.74) is -0.120. The first-order chi connectivity index (χ1) is 7.65. The van der Waals surface area contributed by atoms with Crippen LogP contribution >= 0.6 is 0 Å². The zero-order valence-corrected chi connectivity index (χ0v) is 9.06. The highest BCUT2D eigenvalue weighted by atomic mass is 16.5. The second-order valence-corrected chi connectivity index (χ2v) is 3.42. The van der Waals surface area contributed by atoms with E-state index in [9.17, 15) is 9.59 Å². The molecule has 0 aliphatic rings. The van der Waals surface area contributed by atoms with Gasteiger partial charge < -0.3 is 9.30 Å². The van der Waals surface area contributed by atoms with Crippen molar-refractivity contribution in [1.82, 2.24) is 19.1 Å². The monoisotopic (exact) mass is 224 g/mol. The van der Waals surface area contributed by atoms with Gasteiger partial charge in [0, 0.05) is 20.7 Å². The van der Waals surface area contributed by atoms with Crippen molar-refractivity contribution in [3.63, 3.8) is 0 Å². The maximum Gasteiger partial charge on any atom is 0.329 e. The molecule has 2 rings (SSSR count). The summed E-state index contributed by atoms with van der Waals surface area (Å²) in [5.74, 6) is 0. The zero-order chi connectivity index (χ0) is 11.7.